The Kier molecular flexibility index (Phi) is 3.17. The Bertz CT molecular complexity index is 1950. The van der Waals surface area contributed by atoms with Crippen LogP contribution in [0.15, 0.2) is 36.4 Å². The van der Waals surface area contributed by atoms with E-state index in [4.69, 9.17) is 11.5 Å². The molecule has 3 atom stereocenters. The first-order valence-corrected chi connectivity index (χ1v) is 11.6. The number of aromatic hydroxyl groups is 2. The van der Waals surface area contributed by atoms with Gasteiger partial charge in [0, 0.05) is 38.6 Å². The van der Waals surface area contributed by atoms with E-state index in [-0.39, 0.29) is 35.1 Å². The monoisotopic (exact) mass is 481 g/mol. The van der Waals surface area contributed by atoms with Gasteiger partial charge in [-0.15, -0.1) is 0 Å². The van der Waals surface area contributed by atoms with Gasteiger partial charge in [0.05, 0.1) is 28.2 Å². The zero-order valence-electron chi connectivity index (χ0n) is 18.7. The Labute approximate surface area is 201 Å². The van der Waals surface area contributed by atoms with Gasteiger partial charge >= 0.3 is 0 Å². The van der Waals surface area contributed by atoms with E-state index in [1.807, 2.05) is 4.57 Å². The van der Waals surface area contributed by atoms with Gasteiger partial charge in [0.2, 0.25) is 5.91 Å². The Morgan fingerprint density at radius 2 is 1.44 bits per heavy atom. The van der Waals surface area contributed by atoms with Crippen LogP contribution in [0.1, 0.15) is 45.6 Å². The van der Waals surface area contributed by atoms with Gasteiger partial charge in [0.15, 0.2) is 0 Å². The van der Waals surface area contributed by atoms with Crippen molar-refractivity contribution < 1.29 is 24.6 Å². The first kappa shape index (κ1) is 19.7. The molecule has 0 spiro atoms. The molecule has 3 aromatic carbocycles. The van der Waals surface area contributed by atoms with Crippen LogP contribution in [-0.4, -0.2) is 42.6 Å². The fraction of sp³-hybridized carbons (Fsp3) is 0.192. The van der Waals surface area contributed by atoms with Crippen molar-refractivity contribution in [3.63, 3.8) is 0 Å². The molecule has 0 unspecified atom stereocenters. The summed E-state index contributed by atoms with van der Waals surface area (Å²) < 4.78 is 4.05. The number of primary amides is 1. The molecule has 10 nitrogen and oxygen atoms in total. The lowest BCUT2D eigenvalue weighted by molar-refractivity contribution is -0.124. The van der Waals surface area contributed by atoms with Crippen molar-refractivity contribution in [1.82, 2.24) is 14.5 Å². The minimum atomic E-state index is -1.37. The number of carbonyl (C=O) groups is 3. The quantitative estimate of drug-likeness (QED) is 0.230. The van der Waals surface area contributed by atoms with Crippen molar-refractivity contribution in [2.45, 2.75) is 30.5 Å². The number of nitrogens with zero attached hydrogens (tertiary/aromatic N) is 2. The molecule has 36 heavy (non-hydrogen) atoms. The topological polar surface area (TPSA) is 166 Å². The molecule has 2 aliphatic heterocycles. The Hall–Kier alpha value is -4.57. The molecule has 8 rings (SSSR count). The number of fused-ring (bicyclic) bond motifs is 13. The summed E-state index contributed by atoms with van der Waals surface area (Å²) in [6.07, 6.45) is 0.784. The Morgan fingerprint density at radius 3 is 2.00 bits per heavy atom. The number of phenolic OH excluding ortho intramolecular Hbond substituents is 2. The van der Waals surface area contributed by atoms with Gasteiger partial charge in [-0.1, -0.05) is 0 Å². The third-order valence-corrected chi connectivity index (χ3v) is 8.43. The van der Waals surface area contributed by atoms with Gasteiger partial charge in [0.25, 0.3) is 11.8 Å². The second-order valence-corrected chi connectivity index (χ2v) is 10.1. The Morgan fingerprint density at radius 1 is 0.917 bits per heavy atom. The smallest absolute Gasteiger partial charge is 0.259 e. The number of aromatic nitrogens is 2. The van der Waals surface area contributed by atoms with Crippen LogP contribution >= 0.6 is 0 Å². The fourth-order valence-electron chi connectivity index (χ4n) is 7.09. The van der Waals surface area contributed by atoms with Crippen LogP contribution in [0.5, 0.6) is 11.5 Å². The number of imide groups is 1. The molecule has 1 fully saturated rings. The largest absolute Gasteiger partial charge is 0.508 e. The molecule has 1 aliphatic carbocycles. The lowest BCUT2D eigenvalue weighted by Crippen LogP contribution is -2.55. The minimum absolute atomic E-state index is 0.000801. The molecule has 10 heteroatoms. The van der Waals surface area contributed by atoms with Crippen molar-refractivity contribution >= 4 is 61.3 Å². The second kappa shape index (κ2) is 5.80. The minimum Gasteiger partial charge on any atom is -0.508 e. The molecule has 3 amide bonds. The van der Waals surface area contributed by atoms with Crippen LogP contribution in [0.2, 0.25) is 0 Å². The van der Waals surface area contributed by atoms with Crippen LogP contribution in [0.3, 0.4) is 0 Å². The number of nitrogens with two attached hydrogens (primary N) is 2. The average molecular weight is 481 g/mol. The van der Waals surface area contributed by atoms with E-state index in [1.54, 1.807) is 36.4 Å². The average Bonchev–Trinajstić information content (AvgIpc) is 3.49. The van der Waals surface area contributed by atoms with Crippen LogP contribution < -0.4 is 16.8 Å². The maximum Gasteiger partial charge on any atom is 0.259 e. The third kappa shape index (κ3) is 1.95. The van der Waals surface area contributed by atoms with Crippen molar-refractivity contribution in [3.8, 4) is 11.5 Å². The van der Waals surface area contributed by atoms with Gasteiger partial charge < -0.3 is 30.8 Å². The summed E-state index contributed by atoms with van der Waals surface area (Å²) in [6.45, 7) is 0. The maximum absolute atomic E-state index is 13.2. The van der Waals surface area contributed by atoms with Crippen molar-refractivity contribution in [3.05, 3.63) is 47.5 Å². The zero-order chi connectivity index (χ0) is 24.8. The van der Waals surface area contributed by atoms with Crippen LogP contribution in [0.4, 0.5) is 0 Å². The molecule has 2 bridgehead atoms. The third-order valence-electron chi connectivity index (χ3n) is 8.43. The number of benzene rings is 3. The predicted molar refractivity (Wildman–Crippen MR) is 131 cm³/mol. The summed E-state index contributed by atoms with van der Waals surface area (Å²) in [5.74, 6) is -1.64. The molecule has 2 aromatic heterocycles. The number of phenols is 2. The second-order valence-electron chi connectivity index (χ2n) is 10.1. The first-order chi connectivity index (χ1) is 17.2. The van der Waals surface area contributed by atoms with Gasteiger partial charge in [-0.3, -0.25) is 19.7 Å². The van der Waals surface area contributed by atoms with E-state index >= 15 is 0 Å². The van der Waals surface area contributed by atoms with Gasteiger partial charge in [-0.25, -0.2) is 0 Å². The lowest BCUT2D eigenvalue weighted by atomic mass is 9.92. The van der Waals surface area contributed by atoms with Crippen molar-refractivity contribution in [1.29, 1.82) is 0 Å². The summed E-state index contributed by atoms with van der Waals surface area (Å²) in [5.41, 5.74) is 14.5. The highest BCUT2D eigenvalue weighted by Crippen LogP contribution is 2.56. The molecule has 5 aromatic rings. The number of rotatable bonds is 1. The normalized spacial score (nSPS) is 24.4. The van der Waals surface area contributed by atoms with E-state index in [1.165, 1.54) is 0 Å². The molecular formula is C26H19N5O5. The number of carbonyl (C=O) groups excluding carboxylic acids is 3. The summed E-state index contributed by atoms with van der Waals surface area (Å²) in [5, 5.41) is 25.4. The summed E-state index contributed by atoms with van der Waals surface area (Å²) in [7, 11) is 0. The molecule has 4 heterocycles. The lowest BCUT2D eigenvalue weighted by Gasteiger charge is -2.31. The highest BCUT2D eigenvalue weighted by molar-refractivity contribution is 6.39. The van der Waals surface area contributed by atoms with E-state index < -0.39 is 29.3 Å². The van der Waals surface area contributed by atoms with Gasteiger partial charge in [-0.2, -0.15) is 0 Å². The van der Waals surface area contributed by atoms with Crippen LogP contribution in [0.25, 0.3) is 43.6 Å². The van der Waals surface area contributed by atoms with Crippen molar-refractivity contribution in [2.75, 3.05) is 0 Å². The van der Waals surface area contributed by atoms with Gasteiger partial charge in [-0.05, 0) is 49.2 Å². The molecule has 178 valence electrons. The SMILES string of the molecule is NC(=O)[C@]1(N)C[C@@H]2C[C@H]1n1c3ccc(O)cc3c3c4c(c5c6cc(O)ccc6n2c5c31)C(=O)NC4=O. The molecular weight excluding hydrogens is 462 g/mol. The van der Waals surface area contributed by atoms with E-state index in [2.05, 4.69) is 9.88 Å². The van der Waals surface area contributed by atoms with Crippen LogP contribution in [-0.2, 0) is 4.79 Å². The first-order valence-electron chi connectivity index (χ1n) is 11.6. The number of nitrogens with one attached hydrogen (secondary N) is 1. The summed E-state index contributed by atoms with van der Waals surface area (Å²) in [4.78, 5) is 39.2. The predicted octanol–water partition coefficient (Wildman–Crippen LogP) is 2.27. The zero-order valence-corrected chi connectivity index (χ0v) is 18.7. The molecule has 0 saturated heterocycles. The van der Waals surface area contributed by atoms with E-state index in [0.29, 0.717) is 39.0 Å². The fourth-order valence-corrected chi connectivity index (χ4v) is 7.09. The van der Waals surface area contributed by atoms with Crippen molar-refractivity contribution in [2.24, 2.45) is 11.5 Å². The number of amides is 3. The van der Waals surface area contributed by atoms with E-state index in [9.17, 15) is 24.6 Å². The number of hydrogen-bond acceptors (Lipinski definition) is 6. The molecule has 3 aliphatic rings. The summed E-state index contributed by atoms with van der Waals surface area (Å²) >= 11 is 0. The Balaban J connectivity index is 1.76. The molecule has 1 saturated carbocycles. The highest BCUT2D eigenvalue weighted by atomic mass is 16.3. The standard InChI is InChI=1S/C26H19N5O5/c27-25(36)26(28)8-9-5-16(26)31-15-4-2-11(33)7-13(15)18-20-19(23(34)29-24(20)35)17-12-6-10(32)1-3-14(12)30(9)21(17)22(18)31/h1-4,6-7,9,16,32-33H,5,8,28H2,(H2,27,36)(H,29,34,35)/t9-,16+,26-/m0/s1. The molecule has 0 radical (unpaired) electrons. The number of hydrogen-bond donors (Lipinski definition) is 5. The van der Waals surface area contributed by atoms with E-state index in [0.717, 1.165) is 11.0 Å². The summed E-state index contributed by atoms with van der Waals surface area (Å²) in [6, 6.07) is 9.04. The molecule has 7 N–H and O–H groups in total. The van der Waals surface area contributed by atoms with Crippen LogP contribution in [0, 0.1) is 0 Å². The highest BCUT2D eigenvalue weighted by Gasteiger charge is 2.54. The van der Waals surface area contributed by atoms with Gasteiger partial charge in [0.1, 0.15) is 17.0 Å². The maximum atomic E-state index is 13.2.